The molecule has 2 fully saturated rings. The Labute approximate surface area is 120 Å². The van der Waals surface area contributed by atoms with Crippen molar-refractivity contribution in [3.8, 4) is 6.07 Å². The molecule has 0 aliphatic heterocycles. The molecule has 3 rings (SSSR count). The Kier molecular flexibility index (Phi) is 3.53. The molecule has 0 unspecified atom stereocenters. The van der Waals surface area contributed by atoms with Gasteiger partial charge in [-0.25, -0.2) is 8.42 Å². The Morgan fingerprint density at radius 3 is 2.30 bits per heavy atom. The molecule has 0 saturated heterocycles. The molecule has 106 valence electrons. The van der Waals surface area contributed by atoms with E-state index in [1.165, 1.54) is 0 Å². The molecule has 2 aliphatic rings. The smallest absolute Gasteiger partial charge is 0.212 e. The molecule has 0 bridgehead atoms. The molecule has 2 aliphatic carbocycles. The lowest BCUT2D eigenvalue weighted by molar-refractivity contribution is 0.388. The molecule has 0 aromatic heterocycles. The van der Waals surface area contributed by atoms with Crippen LogP contribution in [-0.2, 0) is 15.8 Å². The van der Waals surface area contributed by atoms with Gasteiger partial charge in [0.2, 0.25) is 10.0 Å². The van der Waals surface area contributed by atoms with E-state index in [-0.39, 0.29) is 11.8 Å². The number of hydrogen-bond acceptors (Lipinski definition) is 3. The number of hydrogen-bond donors (Lipinski definition) is 0. The highest BCUT2D eigenvalue weighted by Gasteiger charge is 2.40. The van der Waals surface area contributed by atoms with Crippen LogP contribution < -0.4 is 0 Å². The van der Waals surface area contributed by atoms with Gasteiger partial charge in [0.25, 0.3) is 0 Å². The number of nitrogens with zero attached hydrogens (tertiary/aromatic N) is 2. The van der Waals surface area contributed by atoms with E-state index in [0.29, 0.717) is 18.0 Å². The number of rotatable bonds is 6. The van der Waals surface area contributed by atoms with Crippen molar-refractivity contribution >= 4 is 10.0 Å². The van der Waals surface area contributed by atoms with E-state index in [1.807, 2.05) is 6.07 Å². The van der Waals surface area contributed by atoms with E-state index in [1.54, 1.807) is 28.6 Å². The van der Waals surface area contributed by atoms with Crippen LogP contribution in [0.1, 0.15) is 36.8 Å². The van der Waals surface area contributed by atoms with Crippen LogP contribution in [0.25, 0.3) is 0 Å². The van der Waals surface area contributed by atoms with Gasteiger partial charge in [-0.3, -0.25) is 0 Å². The quantitative estimate of drug-likeness (QED) is 0.807. The van der Waals surface area contributed by atoms with Crippen molar-refractivity contribution < 1.29 is 8.42 Å². The Morgan fingerprint density at radius 1 is 1.15 bits per heavy atom. The van der Waals surface area contributed by atoms with Gasteiger partial charge in [0.05, 0.1) is 17.4 Å². The molecule has 4 nitrogen and oxygen atoms in total. The van der Waals surface area contributed by atoms with Crippen molar-refractivity contribution in [1.29, 1.82) is 5.26 Å². The molecule has 0 spiro atoms. The first-order valence-corrected chi connectivity index (χ1v) is 8.68. The average molecular weight is 290 g/mol. The second kappa shape index (κ2) is 5.19. The van der Waals surface area contributed by atoms with Gasteiger partial charge >= 0.3 is 0 Å². The third-order valence-electron chi connectivity index (χ3n) is 3.88. The van der Waals surface area contributed by atoms with E-state index in [4.69, 9.17) is 5.26 Å². The van der Waals surface area contributed by atoms with Gasteiger partial charge in [-0.2, -0.15) is 9.57 Å². The maximum atomic E-state index is 12.6. The Hall–Kier alpha value is -1.38. The highest BCUT2D eigenvalue weighted by molar-refractivity contribution is 7.88. The summed E-state index contributed by atoms with van der Waals surface area (Å²) < 4.78 is 26.8. The lowest BCUT2D eigenvalue weighted by atomic mass is 10.2. The molecule has 1 aromatic carbocycles. The van der Waals surface area contributed by atoms with Crippen LogP contribution in [0.4, 0.5) is 0 Å². The van der Waals surface area contributed by atoms with Crippen molar-refractivity contribution in [3.05, 3.63) is 35.4 Å². The fourth-order valence-electron chi connectivity index (χ4n) is 2.38. The van der Waals surface area contributed by atoms with Gasteiger partial charge in [-0.05, 0) is 49.3 Å². The summed E-state index contributed by atoms with van der Waals surface area (Å²) in [7, 11) is -3.24. The fourth-order valence-corrected chi connectivity index (χ4v) is 4.26. The monoisotopic (exact) mass is 290 g/mol. The van der Waals surface area contributed by atoms with Crippen LogP contribution >= 0.6 is 0 Å². The number of sulfonamides is 1. The molecule has 2 saturated carbocycles. The first-order chi connectivity index (χ1) is 9.58. The molecule has 5 heteroatoms. The van der Waals surface area contributed by atoms with Gasteiger partial charge in [0, 0.05) is 12.6 Å². The van der Waals surface area contributed by atoms with Gasteiger partial charge in [0.1, 0.15) is 0 Å². The zero-order valence-electron chi connectivity index (χ0n) is 11.3. The molecular formula is C15H18N2O2S. The first kappa shape index (κ1) is 13.6. The molecule has 1 aromatic rings. The maximum Gasteiger partial charge on any atom is 0.218 e. The Bertz CT molecular complexity index is 623. The van der Waals surface area contributed by atoms with Gasteiger partial charge in [0.15, 0.2) is 0 Å². The molecule has 20 heavy (non-hydrogen) atoms. The maximum absolute atomic E-state index is 12.6. The summed E-state index contributed by atoms with van der Waals surface area (Å²) >= 11 is 0. The summed E-state index contributed by atoms with van der Waals surface area (Å²) in [6, 6.07) is 9.09. The summed E-state index contributed by atoms with van der Waals surface area (Å²) in [6.07, 6.45) is 4.32. The van der Waals surface area contributed by atoms with Crippen LogP contribution in [0, 0.1) is 17.2 Å². The third kappa shape index (κ3) is 3.20. The van der Waals surface area contributed by atoms with Crippen molar-refractivity contribution in [3.63, 3.8) is 0 Å². The second-order valence-corrected chi connectivity index (χ2v) is 7.73. The second-order valence-electron chi connectivity index (χ2n) is 5.81. The van der Waals surface area contributed by atoms with Crippen LogP contribution in [-0.4, -0.2) is 25.3 Å². The highest BCUT2D eigenvalue weighted by Crippen LogP contribution is 2.37. The number of benzene rings is 1. The molecular weight excluding hydrogens is 272 g/mol. The zero-order valence-corrected chi connectivity index (χ0v) is 12.1. The fraction of sp³-hybridized carbons (Fsp3) is 0.533. The standard InChI is InChI=1S/C15H18N2O2S/c16-9-12-1-5-14(6-2-12)11-20(18,19)17(15-7-8-15)10-13-3-4-13/h1-2,5-6,13,15H,3-4,7-8,10-11H2. The third-order valence-corrected chi connectivity index (χ3v) is 5.74. The van der Waals surface area contributed by atoms with Crippen molar-refractivity contribution in [2.45, 2.75) is 37.5 Å². The van der Waals surface area contributed by atoms with Crippen LogP contribution in [0.15, 0.2) is 24.3 Å². The minimum atomic E-state index is -3.24. The lowest BCUT2D eigenvalue weighted by Gasteiger charge is -2.21. The van der Waals surface area contributed by atoms with E-state index >= 15 is 0 Å². The normalized spacial score (nSPS) is 19.0. The predicted molar refractivity (Wildman–Crippen MR) is 76.2 cm³/mol. The summed E-state index contributed by atoms with van der Waals surface area (Å²) in [6.45, 7) is 0.698. The van der Waals surface area contributed by atoms with E-state index in [2.05, 4.69) is 0 Å². The predicted octanol–water partition coefficient (Wildman–Crippen LogP) is 2.26. The van der Waals surface area contributed by atoms with Gasteiger partial charge in [-0.15, -0.1) is 0 Å². The molecule has 0 atom stereocenters. The van der Waals surface area contributed by atoms with Crippen LogP contribution in [0.5, 0.6) is 0 Å². The van der Waals surface area contributed by atoms with Crippen LogP contribution in [0.2, 0.25) is 0 Å². The minimum absolute atomic E-state index is 0.0436. The van der Waals surface area contributed by atoms with E-state index in [0.717, 1.165) is 31.2 Å². The Balaban J connectivity index is 1.73. The molecule has 0 radical (unpaired) electrons. The molecule has 0 N–H and O–H groups in total. The topological polar surface area (TPSA) is 61.2 Å². The summed E-state index contributed by atoms with van der Waals surface area (Å²) in [5.74, 6) is 0.619. The van der Waals surface area contributed by atoms with E-state index < -0.39 is 10.0 Å². The molecule has 0 amide bonds. The number of nitriles is 1. The largest absolute Gasteiger partial charge is 0.218 e. The summed E-state index contributed by atoms with van der Waals surface area (Å²) in [5.41, 5.74) is 1.31. The van der Waals surface area contributed by atoms with Crippen molar-refractivity contribution in [2.75, 3.05) is 6.54 Å². The minimum Gasteiger partial charge on any atom is -0.212 e. The molecule has 0 heterocycles. The summed E-state index contributed by atoms with van der Waals surface area (Å²) in [5, 5.41) is 8.76. The van der Waals surface area contributed by atoms with Crippen molar-refractivity contribution in [1.82, 2.24) is 4.31 Å². The van der Waals surface area contributed by atoms with Gasteiger partial charge in [-0.1, -0.05) is 12.1 Å². The van der Waals surface area contributed by atoms with Crippen LogP contribution in [0.3, 0.4) is 0 Å². The average Bonchev–Trinajstić information content (AvgIpc) is 3.28. The van der Waals surface area contributed by atoms with E-state index in [9.17, 15) is 8.42 Å². The SMILES string of the molecule is N#Cc1ccc(CS(=O)(=O)N(CC2CC2)C2CC2)cc1. The summed E-state index contributed by atoms with van der Waals surface area (Å²) in [4.78, 5) is 0. The zero-order chi connectivity index (χ0) is 14.2. The highest BCUT2D eigenvalue weighted by atomic mass is 32.2. The van der Waals surface area contributed by atoms with Gasteiger partial charge < -0.3 is 0 Å². The van der Waals surface area contributed by atoms with Crippen molar-refractivity contribution in [2.24, 2.45) is 5.92 Å². The lowest BCUT2D eigenvalue weighted by Crippen LogP contribution is -2.35. The Morgan fingerprint density at radius 2 is 1.80 bits per heavy atom. The first-order valence-electron chi connectivity index (χ1n) is 7.07.